The van der Waals surface area contributed by atoms with Crippen molar-refractivity contribution in [1.29, 1.82) is 0 Å². The molecule has 1 aromatic rings. The van der Waals surface area contributed by atoms with Gasteiger partial charge in [-0.15, -0.1) is 0 Å². The zero-order chi connectivity index (χ0) is 11.5. The zero-order valence-corrected chi connectivity index (χ0v) is 9.89. The second-order valence-electron chi connectivity index (χ2n) is 4.00. The third-order valence-electron chi connectivity index (χ3n) is 2.76. The maximum Gasteiger partial charge on any atom is 0.225 e. The summed E-state index contributed by atoms with van der Waals surface area (Å²) < 4.78 is 0. The molecular formula is C11H14N2O2S. The van der Waals surface area contributed by atoms with Gasteiger partial charge in [0.15, 0.2) is 0 Å². The standard InChI is InChI=1S/C11H14N2O2S/c1-7-5-16-6-9(7)4-13-11(15)8-2-10(14)12-3-8/h5-6,8H,2-4H2,1H3,(H,12,14)(H,13,15). The number of hydrogen-bond acceptors (Lipinski definition) is 3. The first kappa shape index (κ1) is 11.1. The number of amides is 2. The predicted octanol–water partition coefficient (Wildman–Crippen LogP) is 0.809. The third-order valence-corrected chi connectivity index (χ3v) is 3.67. The minimum absolute atomic E-state index is 0.0353. The van der Waals surface area contributed by atoms with Gasteiger partial charge in [0.1, 0.15) is 0 Å². The highest BCUT2D eigenvalue weighted by molar-refractivity contribution is 7.08. The topological polar surface area (TPSA) is 58.2 Å². The maximum atomic E-state index is 11.7. The van der Waals surface area contributed by atoms with Gasteiger partial charge in [0, 0.05) is 19.5 Å². The molecule has 2 N–H and O–H groups in total. The van der Waals surface area contributed by atoms with Gasteiger partial charge in [0.05, 0.1) is 5.92 Å². The quantitative estimate of drug-likeness (QED) is 0.818. The zero-order valence-electron chi connectivity index (χ0n) is 9.08. The van der Waals surface area contributed by atoms with Crippen molar-refractivity contribution in [2.45, 2.75) is 19.9 Å². The first-order valence-corrected chi connectivity index (χ1v) is 6.17. The molecule has 86 valence electrons. The molecule has 2 amide bonds. The fraction of sp³-hybridized carbons (Fsp3) is 0.455. The van der Waals surface area contributed by atoms with Gasteiger partial charge < -0.3 is 10.6 Å². The first-order chi connectivity index (χ1) is 7.66. The lowest BCUT2D eigenvalue weighted by molar-refractivity contribution is -0.126. The number of thiophene rings is 1. The summed E-state index contributed by atoms with van der Waals surface area (Å²) >= 11 is 1.63. The Labute approximate surface area is 98.0 Å². The Morgan fingerprint density at radius 3 is 3.00 bits per heavy atom. The van der Waals surface area contributed by atoms with E-state index in [1.807, 2.05) is 12.3 Å². The number of carbonyl (C=O) groups excluding carboxylic acids is 2. The van der Waals surface area contributed by atoms with Gasteiger partial charge in [0.25, 0.3) is 0 Å². The molecule has 1 aliphatic heterocycles. The Morgan fingerprint density at radius 1 is 1.62 bits per heavy atom. The Morgan fingerprint density at radius 2 is 2.44 bits per heavy atom. The summed E-state index contributed by atoms with van der Waals surface area (Å²) in [7, 11) is 0. The van der Waals surface area contributed by atoms with E-state index in [1.54, 1.807) is 11.3 Å². The predicted molar refractivity (Wildman–Crippen MR) is 62.0 cm³/mol. The lowest BCUT2D eigenvalue weighted by atomic mass is 10.1. The largest absolute Gasteiger partial charge is 0.355 e. The van der Waals surface area contributed by atoms with Gasteiger partial charge >= 0.3 is 0 Å². The number of rotatable bonds is 3. The summed E-state index contributed by atoms with van der Waals surface area (Å²) in [5, 5.41) is 9.61. The highest BCUT2D eigenvalue weighted by atomic mass is 32.1. The van der Waals surface area contributed by atoms with E-state index >= 15 is 0 Å². The normalized spacial score (nSPS) is 19.6. The van der Waals surface area contributed by atoms with Gasteiger partial charge in [-0.3, -0.25) is 9.59 Å². The van der Waals surface area contributed by atoms with Crippen molar-refractivity contribution in [3.63, 3.8) is 0 Å². The minimum atomic E-state index is -0.202. The van der Waals surface area contributed by atoms with Crippen molar-refractivity contribution in [2.75, 3.05) is 6.54 Å². The molecule has 16 heavy (non-hydrogen) atoms. The summed E-state index contributed by atoms with van der Waals surface area (Å²) in [6, 6.07) is 0. The minimum Gasteiger partial charge on any atom is -0.355 e. The van der Waals surface area contributed by atoms with Crippen LogP contribution in [-0.2, 0) is 16.1 Å². The van der Waals surface area contributed by atoms with E-state index in [1.165, 1.54) is 5.56 Å². The van der Waals surface area contributed by atoms with Crippen LogP contribution in [0.1, 0.15) is 17.5 Å². The van der Waals surface area contributed by atoms with Crippen LogP contribution in [0.3, 0.4) is 0 Å². The third kappa shape index (κ3) is 2.41. The van der Waals surface area contributed by atoms with E-state index in [0.29, 0.717) is 19.5 Å². The maximum absolute atomic E-state index is 11.7. The molecule has 1 aromatic heterocycles. The van der Waals surface area contributed by atoms with Crippen molar-refractivity contribution < 1.29 is 9.59 Å². The van der Waals surface area contributed by atoms with Crippen LogP contribution >= 0.6 is 11.3 Å². The van der Waals surface area contributed by atoms with Crippen LogP contribution < -0.4 is 10.6 Å². The Balaban J connectivity index is 1.84. The Kier molecular flexibility index (Phi) is 3.24. The average molecular weight is 238 g/mol. The number of carbonyl (C=O) groups is 2. The molecule has 0 aliphatic carbocycles. The highest BCUT2D eigenvalue weighted by Crippen LogP contribution is 2.14. The van der Waals surface area contributed by atoms with E-state index in [2.05, 4.69) is 16.0 Å². The molecule has 0 aromatic carbocycles. The summed E-state index contributed by atoms with van der Waals surface area (Å²) in [5.74, 6) is -0.276. The van der Waals surface area contributed by atoms with Crippen molar-refractivity contribution in [3.05, 3.63) is 21.9 Å². The molecule has 1 unspecified atom stereocenters. The van der Waals surface area contributed by atoms with Crippen LogP contribution in [0.2, 0.25) is 0 Å². The van der Waals surface area contributed by atoms with Gasteiger partial charge in [-0.25, -0.2) is 0 Å². The number of nitrogens with one attached hydrogen (secondary N) is 2. The van der Waals surface area contributed by atoms with Crippen LogP contribution in [0.4, 0.5) is 0 Å². The first-order valence-electron chi connectivity index (χ1n) is 5.23. The van der Waals surface area contributed by atoms with Crippen LogP contribution in [-0.4, -0.2) is 18.4 Å². The van der Waals surface area contributed by atoms with Crippen molar-refractivity contribution >= 4 is 23.2 Å². The fourth-order valence-corrected chi connectivity index (χ4v) is 2.54. The van der Waals surface area contributed by atoms with Gasteiger partial charge in [-0.2, -0.15) is 11.3 Å². The van der Waals surface area contributed by atoms with E-state index in [0.717, 1.165) is 5.56 Å². The van der Waals surface area contributed by atoms with E-state index in [9.17, 15) is 9.59 Å². The summed E-state index contributed by atoms with van der Waals surface area (Å²) in [5.41, 5.74) is 2.35. The van der Waals surface area contributed by atoms with Gasteiger partial charge in [0.2, 0.25) is 11.8 Å². The smallest absolute Gasteiger partial charge is 0.225 e. The van der Waals surface area contributed by atoms with Crippen molar-refractivity contribution in [1.82, 2.24) is 10.6 Å². The van der Waals surface area contributed by atoms with E-state index in [-0.39, 0.29) is 17.7 Å². The summed E-state index contributed by atoms with van der Waals surface area (Å²) in [6.45, 7) is 3.05. The van der Waals surface area contributed by atoms with Gasteiger partial charge in [-0.05, 0) is 28.8 Å². The summed E-state index contributed by atoms with van der Waals surface area (Å²) in [4.78, 5) is 22.7. The molecule has 0 spiro atoms. The molecule has 4 nitrogen and oxygen atoms in total. The number of hydrogen-bond donors (Lipinski definition) is 2. The second-order valence-corrected chi connectivity index (χ2v) is 4.75. The van der Waals surface area contributed by atoms with Crippen LogP contribution in [0.5, 0.6) is 0 Å². The van der Waals surface area contributed by atoms with Crippen LogP contribution in [0.15, 0.2) is 10.8 Å². The lowest BCUT2D eigenvalue weighted by Gasteiger charge is -2.08. The van der Waals surface area contributed by atoms with Crippen LogP contribution in [0.25, 0.3) is 0 Å². The molecule has 0 saturated carbocycles. The van der Waals surface area contributed by atoms with Crippen molar-refractivity contribution in [3.8, 4) is 0 Å². The van der Waals surface area contributed by atoms with Crippen LogP contribution in [0, 0.1) is 12.8 Å². The monoisotopic (exact) mass is 238 g/mol. The molecule has 2 heterocycles. The van der Waals surface area contributed by atoms with Crippen molar-refractivity contribution in [2.24, 2.45) is 5.92 Å². The SMILES string of the molecule is Cc1cscc1CNC(=O)C1CNC(=O)C1. The van der Waals surface area contributed by atoms with Gasteiger partial charge in [-0.1, -0.05) is 0 Å². The highest BCUT2D eigenvalue weighted by Gasteiger charge is 2.27. The molecule has 0 radical (unpaired) electrons. The average Bonchev–Trinajstić information content (AvgIpc) is 2.84. The second kappa shape index (κ2) is 4.65. The summed E-state index contributed by atoms with van der Waals surface area (Å²) in [6.07, 6.45) is 0.314. The fourth-order valence-electron chi connectivity index (χ4n) is 1.69. The molecule has 5 heteroatoms. The Hall–Kier alpha value is -1.36. The lowest BCUT2D eigenvalue weighted by Crippen LogP contribution is -2.31. The molecule has 1 saturated heterocycles. The molecule has 1 atom stereocenters. The van der Waals surface area contributed by atoms with E-state index < -0.39 is 0 Å². The van der Waals surface area contributed by atoms with E-state index in [4.69, 9.17) is 0 Å². The number of aryl methyl sites for hydroxylation is 1. The molecule has 1 aliphatic rings. The molecule has 1 fully saturated rings. The Bertz CT molecular complexity index is 414. The molecule has 0 bridgehead atoms. The molecule has 2 rings (SSSR count). The molecular weight excluding hydrogens is 224 g/mol.